The zero-order valence-corrected chi connectivity index (χ0v) is 14.8. The van der Waals surface area contributed by atoms with Gasteiger partial charge in [-0.1, -0.05) is 18.2 Å². The number of ether oxygens (including phenoxy) is 1. The van der Waals surface area contributed by atoms with Gasteiger partial charge in [0.05, 0.1) is 5.69 Å². The molecule has 0 aliphatic heterocycles. The minimum absolute atomic E-state index is 0.279. The van der Waals surface area contributed by atoms with Crippen LogP contribution >= 0.6 is 11.5 Å². The molecule has 25 heavy (non-hydrogen) atoms. The van der Waals surface area contributed by atoms with Crippen LogP contribution in [0.5, 0.6) is 0 Å². The van der Waals surface area contributed by atoms with Crippen molar-refractivity contribution in [1.82, 2.24) is 9.69 Å². The maximum absolute atomic E-state index is 12.2. The number of aryl methyl sites for hydroxylation is 1. The fourth-order valence-corrected chi connectivity index (χ4v) is 2.68. The Kier molecular flexibility index (Phi) is 6.07. The molecular formula is C16H18N4O4S. The third-order valence-electron chi connectivity index (χ3n) is 3.22. The second-order valence-corrected chi connectivity index (χ2v) is 5.85. The molecule has 3 amide bonds. The van der Waals surface area contributed by atoms with E-state index in [1.54, 1.807) is 44.3 Å². The lowest BCUT2D eigenvalue weighted by Gasteiger charge is -2.13. The van der Waals surface area contributed by atoms with Crippen LogP contribution < -0.4 is 16.0 Å². The third kappa shape index (κ3) is 4.77. The highest BCUT2D eigenvalue weighted by Gasteiger charge is 2.25. The number of imide groups is 1. The van der Waals surface area contributed by atoms with Gasteiger partial charge in [-0.2, -0.15) is 4.37 Å². The largest absolute Gasteiger partial charge is 0.449 e. The predicted molar refractivity (Wildman–Crippen MR) is 94.9 cm³/mol. The molecule has 132 valence electrons. The van der Waals surface area contributed by atoms with Gasteiger partial charge in [0.1, 0.15) is 10.6 Å². The lowest BCUT2D eigenvalue weighted by atomic mass is 10.2. The maximum atomic E-state index is 12.2. The van der Waals surface area contributed by atoms with Crippen molar-refractivity contribution in [1.29, 1.82) is 0 Å². The molecule has 0 spiro atoms. The highest BCUT2D eigenvalue weighted by Crippen LogP contribution is 2.25. The first-order chi connectivity index (χ1) is 11.9. The molecule has 0 saturated heterocycles. The van der Waals surface area contributed by atoms with Gasteiger partial charge in [0.15, 0.2) is 6.10 Å². The lowest BCUT2D eigenvalue weighted by molar-refractivity contribution is -0.127. The van der Waals surface area contributed by atoms with Crippen LogP contribution in [0.2, 0.25) is 0 Å². The number of para-hydroxylation sites is 1. The van der Waals surface area contributed by atoms with Gasteiger partial charge in [-0.3, -0.25) is 10.1 Å². The van der Waals surface area contributed by atoms with Crippen molar-refractivity contribution in [3.63, 3.8) is 0 Å². The van der Waals surface area contributed by atoms with Crippen molar-refractivity contribution < 1.29 is 19.1 Å². The number of esters is 1. The van der Waals surface area contributed by atoms with Crippen molar-refractivity contribution >= 4 is 40.1 Å². The molecular weight excluding hydrogens is 344 g/mol. The Morgan fingerprint density at radius 1 is 1.20 bits per heavy atom. The summed E-state index contributed by atoms with van der Waals surface area (Å²) in [4.78, 5) is 36.0. The van der Waals surface area contributed by atoms with Crippen molar-refractivity contribution in [3.05, 3.63) is 41.6 Å². The molecule has 3 N–H and O–H groups in total. The summed E-state index contributed by atoms with van der Waals surface area (Å²) in [5.41, 5.74) is 1.32. The first kappa shape index (κ1) is 18.4. The monoisotopic (exact) mass is 362 g/mol. The zero-order chi connectivity index (χ0) is 18.4. The van der Waals surface area contributed by atoms with E-state index in [9.17, 15) is 14.4 Å². The predicted octanol–water partition coefficient (Wildman–Crippen LogP) is 2.39. The van der Waals surface area contributed by atoms with Gasteiger partial charge in [0.2, 0.25) is 0 Å². The van der Waals surface area contributed by atoms with E-state index in [1.807, 2.05) is 0 Å². The number of amides is 3. The summed E-state index contributed by atoms with van der Waals surface area (Å²) >= 11 is 1.13. The fraction of sp³-hybridized carbons (Fsp3) is 0.250. The number of aromatic nitrogens is 1. The highest BCUT2D eigenvalue weighted by atomic mass is 32.1. The van der Waals surface area contributed by atoms with Crippen LogP contribution in [0.4, 0.5) is 15.5 Å². The van der Waals surface area contributed by atoms with Gasteiger partial charge in [-0.25, -0.2) is 9.59 Å². The quantitative estimate of drug-likeness (QED) is 0.705. The Morgan fingerprint density at radius 3 is 2.52 bits per heavy atom. The van der Waals surface area contributed by atoms with Crippen molar-refractivity contribution in [2.75, 3.05) is 17.7 Å². The first-order valence-corrected chi connectivity index (χ1v) is 8.21. The average molecular weight is 362 g/mol. The van der Waals surface area contributed by atoms with Crippen molar-refractivity contribution in [2.24, 2.45) is 0 Å². The van der Waals surface area contributed by atoms with Crippen LogP contribution in [0.15, 0.2) is 30.3 Å². The SMILES string of the molecule is CNc1snc(C)c1C(=O)OC(C)C(=O)NC(=O)Nc1ccccc1. The summed E-state index contributed by atoms with van der Waals surface area (Å²) in [6, 6.07) is 7.95. The number of urea groups is 1. The molecule has 0 aliphatic rings. The number of carbonyl (C=O) groups excluding carboxylic acids is 3. The van der Waals surface area contributed by atoms with E-state index < -0.39 is 24.0 Å². The Bertz CT molecular complexity index is 776. The topological polar surface area (TPSA) is 109 Å². The van der Waals surface area contributed by atoms with Crippen LogP contribution in [0.25, 0.3) is 0 Å². The second kappa shape index (κ2) is 8.25. The van der Waals surface area contributed by atoms with Crippen LogP contribution in [-0.4, -0.2) is 35.4 Å². The van der Waals surface area contributed by atoms with Gasteiger partial charge < -0.3 is 15.4 Å². The Balaban J connectivity index is 1.92. The second-order valence-electron chi connectivity index (χ2n) is 5.08. The summed E-state index contributed by atoms with van der Waals surface area (Å²) in [7, 11) is 1.66. The smallest absolute Gasteiger partial charge is 0.343 e. The number of nitrogens with one attached hydrogen (secondary N) is 3. The van der Waals surface area contributed by atoms with E-state index in [0.29, 0.717) is 16.4 Å². The maximum Gasteiger partial charge on any atom is 0.343 e. The van der Waals surface area contributed by atoms with E-state index in [4.69, 9.17) is 4.74 Å². The van der Waals surface area contributed by atoms with Crippen LogP contribution in [-0.2, 0) is 9.53 Å². The Morgan fingerprint density at radius 2 is 1.88 bits per heavy atom. The Hall–Kier alpha value is -2.94. The van der Waals surface area contributed by atoms with E-state index in [0.717, 1.165) is 11.5 Å². The minimum atomic E-state index is -1.14. The summed E-state index contributed by atoms with van der Waals surface area (Å²) in [5.74, 6) is -1.41. The summed E-state index contributed by atoms with van der Waals surface area (Å²) in [5, 5.41) is 8.04. The lowest BCUT2D eigenvalue weighted by Crippen LogP contribution is -2.41. The van der Waals surface area contributed by atoms with Gasteiger partial charge in [0.25, 0.3) is 5.91 Å². The molecule has 0 radical (unpaired) electrons. The molecule has 0 aliphatic carbocycles. The molecule has 0 saturated carbocycles. The molecule has 0 bridgehead atoms. The molecule has 9 heteroatoms. The van der Waals surface area contributed by atoms with E-state index in [2.05, 4.69) is 20.3 Å². The normalized spacial score (nSPS) is 11.3. The number of anilines is 2. The molecule has 8 nitrogen and oxygen atoms in total. The van der Waals surface area contributed by atoms with Gasteiger partial charge in [0, 0.05) is 12.7 Å². The molecule has 2 rings (SSSR count). The highest BCUT2D eigenvalue weighted by molar-refractivity contribution is 7.10. The molecule has 2 aromatic rings. The molecule has 1 heterocycles. The van der Waals surface area contributed by atoms with Crippen LogP contribution in [0, 0.1) is 6.92 Å². The number of rotatable bonds is 5. The van der Waals surface area contributed by atoms with Gasteiger partial charge >= 0.3 is 12.0 Å². The van der Waals surface area contributed by atoms with Crippen LogP contribution in [0.3, 0.4) is 0 Å². The van der Waals surface area contributed by atoms with Gasteiger partial charge in [-0.15, -0.1) is 0 Å². The molecule has 1 unspecified atom stereocenters. The number of nitrogens with zero attached hydrogens (tertiary/aromatic N) is 1. The Labute approximate surface area is 148 Å². The number of benzene rings is 1. The molecule has 1 aromatic heterocycles. The molecule has 0 fully saturated rings. The fourth-order valence-electron chi connectivity index (χ4n) is 1.95. The first-order valence-electron chi connectivity index (χ1n) is 7.44. The summed E-state index contributed by atoms with van der Waals surface area (Å²) < 4.78 is 9.20. The standard InChI is InChI=1S/C16H18N4O4S/c1-9-12(14(17-3)25-20-9)15(22)24-10(2)13(21)19-16(23)18-11-7-5-4-6-8-11/h4-8,10,17H,1-3H3,(H2,18,19,21,23). The number of hydrogen-bond acceptors (Lipinski definition) is 7. The van der Waals surface area contributed by atoms with E-state index in [1.165, 1.54) is 6.92 Å². The summed E-state index contributed by atoms with van der Waals surface area (Å²) in [6.07, 6.45) is -1.14. The zero-order valence-electron chi connectivity index (χ0n) is 14.0. The average Bonchev–Trinajstić information content (AvgIpc) is 2.96. The summed E-state index contributed by atoms with van der Waals surface area (Å²) in [6.45, 7) is 3.06. The van der Waals surface area contributed by atoms with Crippen molar-refractivity contribution in [3.8, 4) is 0 Å². The van der Waals surface area contributed by atoms with Gasteiger partial charge in [-0.05, 0) is 37.5 Å². The minimum Gasteiger partial charge on any atom is -0.449 e. The number of hydrogen-bond donors (Lipinski definition) is 3. The molecule has 1 aromatic carbocycles. The molecule has 1 atom stereocenters. The van der Waals surface area contributed by atoms with Crippen molar-refractivity contribution in [2.45, 2.75) is 20.0 Å². The third-order valence-corrected chi connectivity index (χ3v) is 4.17. The number of carbonyl (C=O) groups is 3. The van der Waals surface area contributed by atoms with Crippen LogP contribution in [0.1, 0.15) is 23.0 Å². The van der Waals surface area contributed by atoms with E-state index >= 15 is 0 Å². The van der Waals surface area contributed by atoms with E-state index in [-0.39, 0.29) is 5.56 Å².